The maximum absolute atomic E-state index is 13.5. The van der Waals surface area contributed by atoms with Gasteiger partial charge >= 0.3 is 5.69 Å². The summed E-state index contributed by atoms with van der Waals surface area (Å²) in [6.45, 7) is 3.82. The molecule has 0 aliphatic heterocycles. The van der Waals surface area contributed by atoms with Gasteiger partial charge in [-0.05, 0) is 54.4 Å². The normalized spacial score (nSPS) is 11.4. The molecule has 7 nitrogen and oxygen atoms in total. The van der Waals surface area contributed by atoms with Crippen LogP contribution in [0.2, 0.25) is 5.02 Å². The number of Topliss-reactive ketones (excluding diaryl/α,β-unsaturated/α-hetero) is 1. The molecule has 0 spiro atoms. The maximum atomic E-state index is 13.5. The minimum absolute atomic E-state index is 0.0200. The van der Waals surface area contributed by atoms with Crippen molar-refractivity contribution in [2.45, 2.75) is 26.9 Å². The Hall–Kier alpha value is -3.52. The Balaban J connectivity index is 1.91. The third-order valence-corrected chi connectivity index (χ3v) is 5.26. The topological polar surface area (TPSA) is 78.9 Å². The molecule has 2 aromatic heterocycles. The van der Waals surface area contributed by atoms with Crippen LogP contribution in [0.1, 0.15) is 24.2 Å². The number of halogens is 2. The van der Waals surface area contributed by atoms with Gasteiger partial charge in [0.15, 0.2) is 16.9 Å². The highest BCUT2D eigenvalue weighted by atomic mass is 35.5. The standard InChI is InChI=1S/C23H20ClFN4O3/c1-14(2)11-28-22(31)20-21(29(23(28)32)18-9-7-17(25)8-10-18)26-13-27(20)12-19(30)15-3-5-16(24)6-4-15/h3-10,13-14H,11-12H2,1-2H3. The molecule has 0 aliphatic carbocycles. The molecule has 4 rings (SSSR count). The van der Waals surface area contributed by atoms with E-state index in [0.29, 0.717) is 16.3 Å². The van der Waals surface area contributed by atoms with E-state index in [9.17, 15) is 18.8 Å². The van der Waals surface area contributed by atoms with Gasteiger partial charge in [-0.1, -0.05) is 25.4 Å². The maximum Gasteiger partial charge on any atom is 0.337 e. The van der Waals surface area contributed by atoms with Crippen molar-refractivity contribution < 1.29 is 9.18 Å². The van der Waals surface area contributed by atoms with E-state index < -0.39 is 17.1 Å². The first kappa shape index (κ1) is 21.7. The molecule has 164 valence electrons. The lowest BCUT2D eigenvalue weighted by Crippen LogP contribution is -2.41. The predicted molar refractivity (Wildman–Crippen MR) is 120 cm³/mol. The van der Waals surface area contributed by atoms with Crippen LogP contribution in [-0.2, 0) is 13.1 Å². The second-order valence-corrected chi connectivity index (χ2v) is 8.32. The van der Waals surface area contributed by atoms with Crippen molar-refractivity contribution in [2.24, 2.45) is 5.92 Å². The van der Waals surface area contributed by atoms with Gasteiger partial charge in [0.25, 0.3) is 5.56 Å². The van der Waals surface area contributed by atoms with Crippen LogP contribution in [0.15, 0.2) is 64.4 Å². The Morgan fingerprint density at radius 1 is 1.06 bits per heavy atom. The highest BCUT2D eigenvalue weighted by Crippen LogP contribution is 2.16. The van der Waals surface area contributed by atoms with E-state index in [-0.39, 0.29) is 36.0 Å². The first-order chi connectivity index (χ1) is 15.3. The molecule has 0 saturated carbocycles. The van der Waals surface area contributed by atoms with Crippen molar-refractivity contribution >= 4 is 28.5 Å². The molecule has 0 saturated heterocycles. The minimum Gasteiger partial charge on any atom is -0.317 e. The zero-order valence-corrected chi connectivity index (χ0v) is 18.2. The SMILES string of the molecule is CC(C)Cn1c(=O)c2c(ncn2CC(=O)c2ccc(Cl)cc2)n(-c2ccc(F)cc2)c1=O. The minimum atomic E-state index is -0.572. The Kier molecular flexibility index (Phi) is 5.80. The number of hydrogen-bond acceptors (Lipinski definition) is 4. The first-order valence-corrected chi connectivity index (χ1v) is 10.4. The fourth-order valence-electron chi connectivity index (χ4n) is 3.53. The van der Waals surface area contributed by atoms with E-state index in [1.54, 1.807) is 24.3 Å². The van der Waals surface area contributed by atoms with E-state index in [1.165, 1.54) is 39.7 Å². The van der Waals surface area contributed by atoms with Crippen LogP contribution in [0.3, 0.4) is 0 Å². The highest BCUT2D eigenvalue weighted by Gasteiger charge is 2.21. The summed E-state index contributed by atoms with van der Waals surface area (Å²) in [5, 5.41) is 0.509. The molecule has 2 aromatic carbocycles. The number of fused-ring (bicyclic) bond motifs is 1. The van der Waals surface area contributed by atoms with Gasteiger partial charge in [0.1, 0.15) is 5.82 Å². The summed E-state index contributed by atoms with van der Waals surface area (Å²) in [6.07, 6.45) is 1.36. The molecule has 0 aliphatic rings. The Morgan fingerprint density at radius 3 is 2.34 bits per heavy atom. The van der Waals surface area contributed by atoms with E-state index in [1.807, 2.05) is 13.8 Å². The van der Waals surface area contributed by atoms with Gasteiger partial charge < -0.3 is 4.57 Å². The lowest BCUT2D eigenvalue weighted by Gasteiger charge is -2.14. The van der Waals surface area contributed by atoms with E-state index in [4.69, 9.17) is 11.6 Å². The van der Waals surface area contributed by atoms with Gasteiger partial charge in [-0.25, -0.2) is 18.7 Å². The summed E-state index contributed by atoms with van der Waals surface area (Å²) in [4.78, 5) is 43.5. The van der Waals surface area contributed by atoms with Crippen LogP contribution in [0.4, 0.5) is 4.39 Å². The number of carbonyl (C=O) groups is 1. The molecule has 32 heavy (non-hydrogen) atoms. The molecule has 0 N–H and O–H groups in total. The van der Waals surface area contributed by atoms with E-state index in [0.717, 1.165) is 4.57 Å². The van der Waals surface area contributed by atoms with Crippen LogP contribution in [-0.4, -0.2) is 24.5 Å². The number of nitrogens with zero attached hydrogens (tertiary/aromatic N) is 4. The Labute approximate surface area is 187 Å². The lowest BCUT2D eigenvalue weighted by atomic mass is 10.1. The summed E-state index contributed by atoms with van der Waals surface area (Å²) >= 11 is 5.89. The monoisotopic (exact) mass is 454 g/mol. The summed E-state index contributed by atoms with van der Waals surface area (Å²) in [6, 6.07) is 11.8. The number of imidazole rings is 1. The molecular formula is C23H20ClFN4O3. The van der Waals surface area contributed by atoms with Gasteiger partial charge in [-0.15, -0.1) is 0 Å². The summed E-state index contributed by atoms with van der Waals surface area (Å²) in [7, 11) is 0. The van der Waals surface area contributed by atoms with Gasteiger partial charge in [0.05, 0.1) is 18.6 Å². The Bertz CT molecular complexity index is 1420. The van der Waals surface area contributed by atoms with Crippen LogP contribution < -0.4 is 11.2 Å². The number of carbonyl (C=O) groups excluding carboxylic acids is 1. The number of rotatable bonds is 6. The van der Waals surface area contributed by atoms with Crippen LogP contribution in [0.5, 0.6) is 0 Å². The van der Waals surface area contributed by atoms with Crippen molar-refractivity contribution in [2.75, 3.05) is 0 Å². The van der Waals surface area contributed by atoms with Gasteiger partial charge in [-0.3, -0.25) is 14.2 Å². The van der Waals surface area contributed by atoms with Crippen molar-refractivity contribution in [3.63, 3.8) is 0 Å². The molecule has 0 bridgehead atoms. The van der Waals surface area contributed by atoms with Crippen LogP contribution in [0.25, 0.3) is 16.9 Å². The second kappa shape index (κ2) is 8.55. The molecule has 0 radical (unpaired) electrons. The number of ketones is 1. The lowest BCUT2D eigenvalue weighted by molar-refractivity contribution is 0.0973. The van der Waals surface area contributed by atoms with Crippen molar-refractivity contribution in [1.82, 2.24) is 18.7 Å². The Morgan fingerprint density at radius 2 is 1.72 bits per heavy atom. The largest absolute Gasteiger partial charge is 0.337 e. The smallest absolute Gasteiger partial charge is 0.317 e. The molecule has 4 aromatic rings. The average Bonchev–Trinajstić information content (AvgIpc) is 3.16. The molecule has 2 heterocycles. The zero-order valence-electron chi connectivity index (χ0n) is 17.5. The molecule has 0 unspecified atom stereocenters. The molecule has 9 heteroatoms. The quantitative estimate of drug-likeness (QED) is 0.416. The summed E-state index contributed by atoms with van der Waals surface area (Å²) < 4.78 is 17.3. The molecule has 0 atom stereocenters. The van der Waals surface area contributed by atoms with Crippen LogP contribution >= 0.6 is 11.6 Å². The van der Waals surface area contributed by atoms with Crippen molar-refractivity contribution in [3.05, 3.63) is 92.1 Å². The number of hydrogen-bond donors (Lipinski definition) is 0. The summed E-state index contributed by atoms with van der Waals surface area (Å²) in [5.41, 5.74) is -0.0678. The highest BCUT2D eigenvalue weighted by molar-refractivity contribution is 6.30. The third-order valence-electron chi connectivity index (χ3n) is 5.01. The van der Waals surface area contributed by atoms with Crippen molar-refractivity contribution in [1.29, 1.82) is 0 Å². The predicted octanol–water partition coefficient (Wildman–Crippen LogP) is 3.68. The molecule has 0 fully saturated rings. The zero-order chi connectivity index (χ0) is 23.0. The van der Waals surface area contributed by atoms with Gasteiger partial charge in [0, 0.05) is 17.1 Å². The molecular weight excluding hydrogens is 435 g/mol. The first-order valence-electron chi connectivity index (χ1n) is 10.0. The number of aromatic nitrogens is 4. The second-order valence-electron chi connectivity index (χ2n) is 7.88. The van der Waals surface area contributed by atoms with E-state index in [2.05, 4.69) is 4.98 Å². The van der Waals surface area contributed by atoms with Gasteiger partial charge in [0.2, 0.25) is 0 Å². The molecule has 0 amide bonds. The van der Waals surface area contributed by atoms with Crippen LogP contribution in [0, 0.1) is 11.7 Å². The van der Waals surface area contributed by atoms with Crippen molar-refractivity contribution in [3.8, 4) is 5.69 Å². The average molecular weight is 455 g/mol. The summed E-state index contributed by atoms with van der Waals surface area (Å²) in [5.74, 6) is -0.672. The third kappa shape index (κ3) is 4.01. The fourth-order valence-corrected chi connectivity index (χ4v) is 3.66. The van der Waals surface area contributed by atoms with Gasteiger partial charge in [-0.2, -0.15) is 0 Å². The number of benzene rings is 2. The van der Waals surface area contributed by atoms with E-state index >= 15 is 0 Å². The fraction of sp³-hybridized carbons (Fsp3) is 0.217.